The van der Waals surface area contributed by atoms with Crippen LogP contribution in [0.5, 0.6) is 5.75 Å². The van der Waals surface area contributed by atoms with Gasteiger partial charge in [0.1, 0.15) is 17.2 Å². The third kappa shape index (κ3) is 3.86. The Labute approximate surface area is 223 Å². The summed E-state index contributed by atoms with van der Waals surface area (Å²) in [5.74, 6) is 1.98. The summed E-state index contributed by atoms with van der Waals surface area (Å²) in [6.45, 7) is 6.00. The Morgan fingerprint density at radius 3 is 2.32 bits per heavy atom. The van der Waals surface area contributed by atoms with E-state index in [0.717, 1.165) is 65.5 Å². The van der Waals surface area contributed by atoms with Crippen molar-refractivity contribution in [3.63, 3.8) is 0 Å². The van der Waals surface area contributed by atoms with E-state index in [1.54, 1.807) is 0 Å². The zero-order chi connectivity index (χ0) is 25.7. The highest BCUT2D eigenvalue weighted by atomic mass is 16.5. The Morgan fingerprint density at radius 1 is 0.816 bits per heavy atom. The summed E-state index contributed by atoms with van der Waals surface area (Å²) in [7, 11) is 0. The highest BCUT2D eigenvalue weighted by molar-refractivity contribution is 5.85. The maximum Gasteiger partial charge on any atom is 0.165 e. The molecule has 0 amide bonds. The molecule has 7 rings (SSSR count). The van der Waals surface area contributed by atoms with Crippen molar-refractivity contribution in [3.8, 4) is 22.6 Å². The summed E-state index contributed by atoms with van der Waals surface area (Å²) in [5.41, 5.74) is 7.48. The number of piperidine rings is 1. The molecule has 5 nitrogen and oxygen atoms in total. The lowest BCUT2D eigenvalue weighted by Gasteiger charge is -2.42. The van der Waals surface area contributed by atoms with Crippen LogP contribution in [-0.2, 0) is 0 Å². The van der Waals surface area contributed by atoms with Gasteiger partial charge in [0, 0.05) is 36.9 Å². The molecule has 1 saturated heterocycles. The molecule has 3 aromatic carbocycles. The third-order valence-electron chi connectivity index (χ3n) is 7.93. The number of fused-ring (bicyclic) bond motifs is 2. The minimum atomic E-state index is -0.265. The number of anilines is 1. The average Bonchev–Trinajstić information content (AvgIpc) is 3.31. The number of ether oxygens (including phenoxy) is 1. The number of nitrogens with zero attached hydrogens (tertiary/aromatic N) is 4. The minimum absolute atomic E-state index is 0.265. The SMILES string of the molecule is Cc1cc(N2CCC3(C=Cc4cc(-c5ccccc5)ccc4O3)CC2)nc2c1c(C)nn2-c1ccccc1. The zero-order valence-corrected chi connectivity index (χ0v) is 21.8. The van der Waals surface area contributed by atoms with E-state index < -0.39 is 0 Å². The van der Waals surface area contributed by atoms with Gasteiger partial charge in [-0.25, -0.2) is 9.67 Å². The normalized spacial score (nSPS) is 16.0. The van der Waals surface area contributed by atoms with Crippen LogP contribution < -0.4 is 9.64 Å². The van der Waals surface area contributed by atoms with Crippen molar-refractivity contribution in [2.75, 3.05) is 18.0 Å². The van der Waals surface area contributed by atoms with Gasteiger partial charge in [0.15, 0.2) is 5.65 Å². The van der Waals surface area contributed by atoms with Crippen LogP contribution in [0.3, 0.4) is 0 Å². The van der Waals surface area contributed by atoms with Crippen molar-refractivity contribution in [1.29, 1.82) is 0 Å². The zero-order valence-electron chi connectivity index (χ0n) is 21.8. The summed E-state index contributed by atoms with van der Waals surface area (Å²) >= 11 is 0. The molecular formula is C33H30N4O. The molecule has 0 bridgehead atoms. The fraction of sp³-hybridized carbons (Fsp3) is 0.212. The second-order valence-corrected chi connectivity index (χ2v) is 10.4. The van der Waals surface area contributed by atoms with Gasteiger partial charge in [0.2, 0.25) is 0 Å². The van der Waals surface area contributed by atoms with Crippen molar-refractivity contribution < 1.29 is 4.74 Å². The first-order valence-electron chi connectivity index (χ1n) is 13.3. The first-order chi connectivity index (χ1) is 18.6. The molecule has 2 aromatic heterocycles. The van der Waals surface area contributed by atoms with Crippen LogP contribution in [0.1, 0.15) is 29.7 Å². The molecule has 0 N–H and O–H groups in total. The molecule has 188 valence electrons. The standard InChI is InChI=1S/C33H30N4O/c1-23-21-30(34-32-31(23)24(2)35-37(32)28-11-7-4-8-12-28)36-19-17-33(18-20-36)16-15-27-22-26(13-14-29(27)38-33)25-9-5-3-6-10-25/h3-16,21-22H,17-20H2,1-2H3. The maximum absolute atomic E-state index is 6.66. The van der Waals surface area contributed by atoms with E-state index in [4.69, 9.17) is 14.8 Å². The molecule has 5 heteroatoms. The van der Waals surface area contributed by atoms with E-state index >= 15 is 0 Å². The molecular weight excluding hydrogens is 468 g/mol. The van der Waals surface area contributed by atoms with Gasteiger partial charge < -0.3 is 9.64 Å². The van der Waals surface area contributed by atoms with Gasteiger partial charge in [-0.05, 0) is 66.9 Å². The number of benzene rings is 3. The number of hydrogen-bond donors (Lipinski definition) is 0. The number of para-hydroxylation sites is 1. The Balaban J connectivity index is 1.13. The van der Waals surface area contributed by atoms with Crippen LogP contribution >= 0.6 is 0 Å². The summed E-state index contributed by atoms with van der Waals surface area (Å²) in [4.78, 5) is 7.52. The predicted octanol–water partition coefficient (Wildman–Crippen LogP) is 7.15. The quantitative estimate of drug-likeness (QED) is 0.265. The second kappa shape index (κ2) is 8.88. The number of aromatic nitrogens is 3. The van der Waals surface area contributed by atoms with Gasteiger partial charge in [-0.3, -0.25) is 0 Å². The number of pyridine rings is 1. The van der Waals surface area contributed by atoms with E-state index in [9.17, 15) is 0 Å². The van der Waals surface area contributed by atoms with Crippen LogP contribution in [-0.4, -0.2) is 33.5 Å². The van der Waals surface area contributed by atoms with Gasteiger partial charge >= 0.3 is 0 Å². The molecule has 5 aromatic rings. The van der Waals surface area contributed by atoms with Gasteiger partial charge in [0.25, 0.3) is 0 Å². The van der Waals surface area contributed by atoms with Crippen molar-refractivity contribution in [3.05, 3.63) is 108 Å². The van der Waals surface area contributed by atoms with Gasteiger partial charge in [-0.2, -0.15) is 5.10 Å². The van der Waals surface area contributed by atoms with E-state index in [-0.39, 0.29) is 5.60 Å². The monoisotopic (exact) mass is 498 g/mol. The third-order valence-corrected chi connectivity index (χ3v) is 7.93. The highest BCUT2D eigenvalue weighted by Gasteiger charge is 2.37. The van der Waals surface area contributed by atoms with Gasteiger partial charge in [-0.15, -0.1) is 0 Å². The van der Waals surface area contributed by atoms with E-state index in [1.807, 2.05) is 22.9 Å². The Morgan fingerprint density at radius 2 is 1.55 bits per heavy atom. The number of rotatable bonds is 3. The molecule has 4 heterocycles. The fourth-order valence-corrected chi connectivity index (χ4v) is 5.86. The van der Waals surface area contributed by atoms with Crippen LogP contribution in [0, 0.1) is 13.8 Å². The Kier molecular flexibility index (Phi) is 5.32. The Bertz CT molecular complexity index is 1660. The lowest BCUT2D eigenvalue weighted by molar-refractivity contribution is 0.0891. The predicted molar refractivity (Wildman–Crippen MR) is 154 cm³/mol. The molecule has 0 unspecified atom stereocenters. The molecule has 1 fully saturated rings. The fourth-order valence-electron chi connectivity index (χ4n) is 5.86. The Hall–Kier alpha value is -4.38. The van der Waals surface area contributed by atoms with E-state index in [1.165, 1.54) is 16.7 Å². The van der Waals surface area contributed by atoms with Crippen molar-refractivity contribution >= 4 is 22.9 Å². The van der Waals surface area contributed by atoms with Crippen molar-refractivity contribution in [2.45, 2.75) is 32.3 Å². The molecule has 38 heavy (non-hydrogen) atoms. The molecule has 0 aliphatic carbocycles. The molecule has 0 saturated carbocycles. The average molecular weight is 499 g/mol. The van der Waals surface area contributed by atoms with Crippen molar-refractivity contribution in [2.24, 2.45) is 0 Å². The summed E-state index contributed by atoms with van der Waals surface area (Å²) in [6.07, 6.45) is 6.35. The molecule has 2 aliphatic heterocycles. The molecule has 0 atom stereocenters. The second-order valence-electron chi connectivity index (χ2n) is 10.4. The van der Waals surface area contributed by atoms with E-state index in [2.05, 4.69) is 97.6 Å². The highest BCUT2D eigenvalue weighted by Crippen LogP contribution is 2.40. The first-order valence-corrected chi connectivity index (χ1v) is 13.3. The summed E-state index contributed by atoms with van der Waals surface area (Å²) in [5, 5.41) is 5.96. The maximum atomic E-state index is 6.66. The first kappa shape index (κ1) is 22.8. The number of aryl methyl sites for hydroxylation is 2. The topological polar surface area (TPSA) is 43.2 Å². The lowest BCUT2D eigenvalue weighted by atomic mass is 9.87. The largest absolute Gasteiger partial charge is 0.482 e. The van der Waals surface area contributed by atoms with Crippen molar-refractivity contribution in [1.82, 2.24) is 14.8 Å². The van der Waals surface area contributed by atoms with Crippen LogP contribution in [0.25, 0.3) is 33.9 Å². The van der Waals surface area contributed by atoms with Crippen LogP contribution in [0.4, 0.5) is 5.82 Å². The smallest absolute Gasteiger partial charge is 0.165 e. The summed E-state index contributed by atoms with van der Waals surface area (Å²) in [6, 6.07) is 29.5. The van der Waals surface area contributed by atoms with Gasteiger partial charge in [-0.1, -0.05) is 60.7 Å². The molecule has 2 aliphatic rings. The van der Waals surface area contributed by atoms with Crippen LogP contribution in [0.2, 0.25) is 0 Å². The van der Waals surface area contributed by atoms with Crippen LogP contribution in [0.15, 0.2) is 91.0 Å². The molecule has 0 radical (unpaired) electrons. The van der Waals surface area contributed by atoms with Gasteiger partial charge in [0.05, 0.1) is 11.4 Å². The summed E-state index contributed by atoms with van der Waals surface area (Å²) < 4.78 is 8.63. The molecule has 1 spiro atoms. The number of hydrogen-bond acceptors (Lipinski definition) is 4. The minimum Gasteiger partial charge on any atom is -0.482 e. The lowest BCUT2D eigenvalue weighted by Crippen LogP contribution is -2.48. The van der Waals surface area contributed by atoms with E-state index in [0.29, 0.717) is 0 Å².